The van der Waals surface area contributed by atoms with Crippen molar-refractivity contribution in [2.45, 2.75) is 57.5 Å². The van der Waals surface area contributed by atoms with E-state index in [1.54, 1.807) is 11.2 Å². The van der Waals surface area contributed by atoms with E-state index in [0.717, 1.165) is 47.0 Å². The molecule has 4 aromatic rings. The van der Waals surface area contributed by atoms with Gasteiger partial charge in [-0.2, -0.15) is 0 Å². The number of benzene rings is 2. The van der Waals surface area contributed by atoms with Gasteiger partial charge < -0.3 is 19.6 Å². The molecule has 2 aromatic heterocycles. The minimum absolute atomic E-state index is 0.0764. The Balaban J connectivity index is 1.50. The third-order valence-electron chi connectivity index (χ3n) is 7.11. The highest BCUT2D eigenvalue weighted by Crippen LogP contribution is 2.37. The number of rotatable bonds is 7. The summed E-state index contributed by atoms with van der Waals surface area (Å²) in [4.78, 5) is 33.0. The summed E-state index contributed by atoms with van der Waals surface area (Å²) in [5, 5.41) is 4.16. The number of aromatic nitrogens is 1. The normalized spacial score (nSPS) is 15.1. The van der Waals surface area contributed by atoms with E-state index in [1.807, 2.05) is 73.8 Å². The fourth-order valence-corrected chi connectivity index (χ4v) is 5.30. The van der Waals surface area contributed by atoms with Crippen LogP contribution in [0.1, 0.15) is 49.0 Å². The summed E-state index contributed by atoms with van der Waals surface area (Å²) in [6.45, 7) is 2.26. The molecule has 0 aliphatic heterocycles. The van der Waals surface area contributed by atoms with E-state index in [-0.39, 0.29) is 24.8 Å². The molecule has 1 saturated carbocycles. The Morgan fingerprint density at radius 1 is 1.03 bits per heavy atom. The van der Waals surface area contributed by atoms with E-state index in [2.05, 4.69) is 10.3 Å². The Morgan fingerprint density at radius 3 is 2.63 bits per heavy atom. The van der Waals surface area contributed by atoms with Gasteiger partial charge in [0.15, 0.2) is 0 Å². The fraction of sp³-hybridized carbons (Fsp3) is 0.310. The number of fused-ring (bicyclic) bond motifs is 1. The molecule has 0 unspecified atom stereocenters. The first-order chi connectivity index (χ1) is 17.0. The highest BCUT2D eigenvalue weighted by Gasteiger charge is 2.47. The van der Waals surface area contributed by atoms with Crippen molar-refractivity contribution in [3.63, 3.8) is 0 Å². The van der Waals surface area contributed by atoms with Crippen LogP contribution in [0.5, 0.6) is 0 Å². The summed E-state index contributed by atoms with van der Waals surface area (Å²) in [7, 11) is 0. The smallest absolute Gasteiger partial charge is 0.250 e. The topological polar surface area (TPSA) is 78.3 Å². The maximum absolute atomic E-state index is 14.0. The molecule has 2 heterocycles. The van der Waals surface area contributed by atoms with Crippen molar-refractivity contribution in [3.05, 3.63) is 90.0 Å². The standard InChI is InChI=1S/C29H31N3O3/c1-21-9-7-10-23(17-21)31-28(34)29(14-5-2-6-15-29)32(20-24-11-8-16-35-24)27(33)18-22-19-30-26-13-4-3-12-25(22)26/h3-4,7-13,16-17,19,30H,2,5-6,14-15,18,20H2,1H3,(H,31,34). The highest BCUT2D eigenvalue weighted by molar-refractivity contribution is 6.01. The molecule has 0 radical (unpaired) electrons. The van der Waals surface area contributed by atoms with Gasteiger partial charge in [-0.1, -0.05) is 49.6 Å². The number of aryl methyl sites for hydroxylation is 1. The van der Waals surface area contributed by atoms with E-state index < -0.39 is 5.54 Å². The molecular formula is C29H31N3O3. The minimum Gasteiger partial charge on any atom is -0.467 e. The lowest BCUT2D eigenvalue weighted by Gasteiger charge is -2.45. The van der Waals surface area contributed by atoms with Gasteiger partial charge in [0.1, 0.15) is 11.3 Å². The van der Waals surface area contributed by atoms with Crippen molar-refractivity contribution >= 4 is 28.4 Å². The summed E-state index contributed by atoms with van der Waals surface area (Å²) in [6, 6.07) is 19.4. The number of carbonyl (C=O) groups excluding carboxylic acids is 2. The monoisotopic (exact) mass is 469 g/mol. The third kappa shape index (κ3) is 4.74. The van der Waals surface area contributed by atoms with Crippen molar-refractivity contribution in [2.24, 2.45) is 0 Å². The predicted octanol–water partition coefficient (Wildman–Crippen LogP) is 5.98. The molecule has 1 fully saturated rings. The van der Waals surface area contributed by atoms with Gasteiger partial charge >= 0.3 is 0 Å². The van der Waals surface area contributed by atoms with Crippen molar-refractivity contribution in [1.82, 2.24) is 9.88 Å². The van der Waals surface area contributed by atoms with Gasteiger partial charge in [-0.3, -0.25) is 9.59 Å². The summed E-state index contributed by atoms with van der Waals surface area (Å²) < 4.78 is 5.64. The van der Waals surface area contributed by atoms with Crippen LogP contribution in [0.2, 0.25) is 0 Å². The van der Waals surface area contributed by atoms with Crippen LogP contribution < -0.4 is 5.32 Å². The fourth-order valence-electron chi connectivity index (χ4n) is 5.30. The largest absolute Gasteiger partial charge is 0.467 e. The lowest BCUT2D eigenvalue weighted by Crippen LogP contribution is -2.60. The Bertz CT molecular complexity index is 1320. The first-order valence-corrected chi connectivity index (χ1v) is 12.3. The number of anilines is 1. The number of aromatic amines is 1. The Morgan fingerprint density at radius 2 is 1.86 bits per heavy atom. The van der Waals surface area contributed by atoms with Gasteiger partial charge in [-0.15, -0.1) is 0 Å². The van der Waals surface area contributed by atoms with Crippen LogP contribution in [0.4, 0.5) is 5.69 Å². The molecule has 0 spiro atoms. The molecule has 0 bridgehead atoms. The van der Waals surface area contributed by atoms with Gasteiger partial charge in [0.05, 0.1) is 19.2 Å². The Kier molecular flexibility index (Phi) is 6.45. The molecule has 2 amide bonds. The van der Waals surface area contributed by atoms with Gasteiger partial charge in [-0.25, -0.2) is 0 Å². The Hall–Kier alpha value is -3.80. The van der Waals surface area contributed by atoms with Crippen molar-refractivity contribution < 1.29 is 14.0 Å². The second-order valence-corrected chi connectivity index (χ2v) is 9.51. The van der Waals surface area contributed by atoms with Crippen molar-refractivity contribution in [1.29, 1.82) is 0 Å². The van der Waals surface area contributed by atoms with Crippen LogP contribution in [0.3, 0.4) is 0 Å². The van der Waals surface area contributed by atoms with E-state index in [0.29, 0.717) is 18.6 Å². The van der Waals surface area contributed by atoms with Crippen LogP contribution in [-0.2, 0) is 22.6 Å². The summed E-state index contributed by atoms with van der Waals surface area (Å²) in [5.74, 6) is 0.472. The summed E-state index contributed by atoms with van der Waals surface area (Å²) in [6.07, 6.45) is 7.84. The molecule has 2 aromatic carbocycles. The van der Waals surface area contributed by atoms with Crippen molar-refractivity contribution in [2.75, 3.05) is 5.32 Å². The zero-order chi connectivity index (χ0) is 24.3. The lowest BCUT2D eigenvalue weighted by atomic mass is 9.78. The number of furan rings is 1. The number of hydrogen-bond acceptors (Lipinski definition) is 3. The number of carbonyl (C=O) groups is 2. The molecule has 35 heavy (non-hydrogen) atoms. The number of H-pyrrole nitrogens is 1. The quantitative estimate of drug-likeness (QED) is 0.349. The molecule has 180 valence electrons. The molecule has 6 nitrogen and oxygen atoms in total. The molecule has 5 rings (SSSR count). The highest BCUT2D eigenvalue weighted by atomic mass is 16.3. The molecule has 0 saturated heterocycles. The number of nitrogens with one attached hydrogen (secondary N) is 2. The van der Waals surface area contributed by atoms with Crippen LogP contribution in [0.15, 0.2) is 77.5 Å². The second-order valence-electron chi connectivity index (χ2n) is 9.51. The first kappa shape index (κ1) is 23.0. The number of para-hydroxylation sites is 1. The maximum atomic E-state index is 14.0. The third-order valence-corrected chi connectivity index (χ3v) is 7.11. The van der Waals surface area contributed by atoms with Crippen LogP contribution >= 0.6 is 0 Å². The zero-order valence-corrected chi connectivity index (χ0v) is 20.0. The molecule has 2 N–H and O–H groups in total. The van der Waals surface area contributed by atoms with Gasteiger partial charge in [0, 0.05) is 22.8 Å². The van der Waals surface area contributed by atoms with Crippen LogP contribution in [0, 0.1) is 6.92 Å². The molecule has 1 aliphatic carbocycles. The summed E-state index contributed by atoms with van der Waals surface area (Å²) >= 11 is 0. The number of amides is 2. The van der Waals surface area contributed by atoms with E-state index in [4.69, 9.17) is 4.42 Å². The SMILES string of the molecule is Cc1cccc(NC(=O)C2(N(Cc3ccco3)C(=O)Cc3c[nH]c4ccccc34)CCCCC2)c1. The van der Waals surface area contributed by atoms with Crippen LogP contribution in [0.25, 0.3) is 10.9 Å². The number of nitrogens with zero attached hydrogens (tertiary/aromatic N) is 1. The van der Waals surface area contributed by atoms with E-state index >= 15 is 0 Å². The molecule has 0 atom stereocenters. The van der Waals surface area contributed by atoms with E-state index in [9.17, 15) is 9.59 Å². The minimum atomic E-state index is -0.933. The second kappa shape index (κ2) is 9.82. The lowest BCUT2D eigenvalue weighted by molar-refractivity contribution is -0.148. The summed E-state index contributed by atoms with van der Waals surface area (Å²) in [5.41, 5.74) is 2.82. The average Bonchev–Trinajstić information content (AvgIpc) is 3.53. The Labute approximate surface area is 205 Å². The van der Waals surface area contributed by atoms with Gasteiger partial charge in [0.25, 0.3) is 0 Å². The maximum Gasteiger partial charge on any atom is 0.250 e. The first-order valence-electron chi connectivity index (χ1n) is 12.3. The zero-order valence-electron chi connectivity index (χ0n) is 20.0. The van der Waals surface area contributed by atoms with E-state index in [1.165, 1.54) is 0 Å². The predicted molar refractivity (Wildman–Crippen MR) is 137 cm³/mol. The van der Waals surface area contributed by atoms with Gasteiger partial charge in [0.2, 0.25) is 11.8 Å². The molecular weight excluding hydrogens is 438 g/mol. The number of hydrogen-bond donors (Lipinski definition) is 2. The average molecular weight is 470 g/mol. The van der Waals surface area contributed by atoms with Crippen molar-refractivity contribution in [3.8, 4) is 0 Å². The molecule has 6 heteroatoms. The van der Waals surface area contributed by atoms with Gasteiger partial charge in [-0.05, 0) is 61.2 Å². The van der Waals surface area contributed by atoms with Crippen LogP contribution in [-0.4, -0.2) is 27.2 Å². The molecule has 1 aliphatic rings.